The summed E-state index contributed by atoms with van der Waals surface area (Å²) in [5.74, 6) is 1.98. The van der Waals surface area contributed by atoms with Crippen molar-refractivity contribution in [3.05, 3.63) is 35.6 Å². The molecule has 1 aromatic carbocycles. The molecule has 2 rings (SSSR count). The molecule has 1 fully saturated rings. The molecule has 122 valence electrons. The zero-order chi connectivity index (χ0) is 15.8. The average Bonchev–Trinajstić information content (AvgIpc) is 2.54. The van der Waals surface area contributed by atoms with Gasteiger partial charge in [0.25, 0.3) is 0 Å². The van der Waals surface area contributed by atoms with E-state index in [-0.39, 0.29) is 17.8 Å². The third-order valence-electron chi connectivity index (χ3n) is 3.87. The van der Waals surface area contributed by atoms with Crippen LogP contribution in [0, 0.1) is 5.82 Å². The van der Waals surface area contributed by atoms with Crippen LogP contribution in [-0.4, -0.2) is 41.4 Å². The first-order valence-electron chi connectivity index (χ1n) is 8.03. The number of rotatable bonds is 7. The molecule has 1 N–H and O–H groups in total. The number of nitrogens with one attached hydrogen (secondary N) is 1. The monoisotopic (exact) mass is 324 g/mol. The summed E-state index contributed by atoms with van der Waals surface area (Å²) in [6, 6.07) is 6.96. The minimum Gasteiger partial charge on any atom is -0.338 e. The summed E-state index contributed by atoms with van der Waals surface area (Å²) in [4.78, 5) is 14.4. The lowest BCUT2D eigenvalue weighted by molar-refractivity contribution is -0.132. The molecule has 0 aliphatic carbocycles. The Morgan fingerprint density at radius 3 is 2.95 bits per heavy atom. The summed E-state index contributed by atoms with van der Waals surface area (Å²) in [5, 5.41) is 3.39. The highest BCUT2D eigenvalue weighted by Gasteiger charge is 2.21. The van der Waals surface area contributed by atoms with Gasteiger partial charge in [0, 0.05) is 49.2 Å². The SMILES string of the molecule is CCCCN(Cc1ccccc1F)C(=O)CC1CSCCN1. The topological polar surface area (TPSA) is 32.3 Å². The third-order valence-corrected chi connectivity index (χ3v) is 5.00. The maximum atomic E-state index is 13.8. The molecule has 0 bridgehead atoms. The summed E-state index contributed by atoms with van der Waals surface area (Å²) >= 11 is 1.89. The van der Waals surface area contributed by atoms with Crippen molar-refractivity contribution in [2.45, 2.75) is 38.8 Å². The average molecular weight is 324 g/mol. The Bertz CT molecular complexity index is 477. The zero-order valence-corrected chi connectivity index (χ0v) is 14.0. The summed E-state index contributed by atoms with van der Waals surface area (Å²) < 4.78 is 13.8. The van der Waals surface area contributed by atoms with Crippen molar-refractivity contribution in [2.75, 3.05) is 24.6 Å². The van der Waals surface area contributed by atoms with Gasteiger partial charge in [-0.2, -0.15) is 11.8 Å². The molecule has 5 heteroatoms. The van der Waals surface area contributed by atoms with Gasteiger partial charge in [0.15, 0.2) is 0 Å². The van der Waals surface area contributed by atoms with Gasteiger partial charge in [-0.05, 0) is 12.5 Å². The molecule has 1 aromatic rings. The number of amides is 1. The third kappa shape index (κ3) is 5.29. The minimum atomic E-state index is -0.233. The minimum absolute atomic E-state index is 0.122. The molecular formula is C17H25FN2OS. The number of hydrogen-bond acceptors (Lipinski definition) is 3. The van der Waals surface area contributed by atoms with Gasteiger partial charge in [0.05, 0.1) is 0 Å². The molecule has 1 amide bonds. The van der Waals surface area contributed by atoms with Crippen molar-refractivity contribution >= 4 is 17.7 Å². The molecule has 1 aliphatic heterocycles. The van der Waals surface area contributed by atoms with Gasteiger partial charge in [-0.3, -0.25) is 4.79 Å². The number of thioether (sulfide) groups is 1. The largest absolute Gasteiger partial charge is 0.338 e. The van der Waals surface area contributed by atoms with Crippen molar-refractivity contribution in [3.63, 3.8) is 0 Å². The second-order valence-corrected chi connectivity index (χ2v) is 6.84. The lowest BCUT2D eigenvalue weighted by Crippen LogP contribution is -2.42. The molecule has 1 saturated heterocycles. The van der Waals surface area contributed by atoms with Gasteiger partial charge >= 0.3 is 0 Å². The van der Waals surface area contributed by atoms with Gasteiger partial charge < -0.3 is 10.2 Å². The second-order valence-electron chi connectivity index (χ2n) is 5.69. The first-order chi connectivity index (χ1) is 10.7. The number of nitrogens with zero attached hydrogens (tertiary/aromatic N) is 1. The van der Waals surface area contributed by atoms with E-state index in [1.807, 2.05) is 22.7 Å². The zero-order valence-electron chi connectivity index (χ0n) is 13.2. The van der Waals surface area contributed by atoms with Crippen LogP contribution in [0.1, 0.15) is 31.7 Å². The fraction of sp³-hybridized carbons (Fsp3) is 0.588. The van der Waals surface area contributed by atoms with E-state index in [0.29, 0.717) is 25.1 Å². The Morgan fingerprint density at radius 2 is 2.27 bits per heavy atom. The summed E-state index contributed by atoms with van der Waals surface area (Å²) in [7, 11) is 0. The van der Waals surface area contributed by atoms with Gasteiger partial charge in [-0.1, -0.05) is 31.5 Å². The van der Waals surface area contributed by atoms with Crippen molar-refractivity contribution in [3.8, 4) is 0 Å². The van der Waals surface area contributed by atoms with Crippen LogP contribution in [0.15, 0.2) is 24.3 Å². The van der Waals surface area contributed by atoms with E-state index in [2.05, 4.69) is 12.2 Å². The molecule has 0 aromatic heterocycles. The molecular weight excluding hydrogens is 299 g/mol. The van der Waals surface area contributed by atoms with Crippen LogP contribution < -0.4 is 5.32 Å². The highest BCUT2D eigenvalue weighted by atomic mass is 32.2. The van der Waals surface area contributed by atoms with Crippen molar-refractivity contribution < 1.29 is 9.18 Å². The van der Waals surface area contributed by atoms with Crippen molar-refractivity contribution in [1.82, 2.24) is 10.2 Å². The Morgan fingerprint density at radius 1 is 1.45 bits per heavy atom. The number of carbonyl (C=O) groups is 1. The fourth-order valence-corrected chi connectivity index (χ4v) is 3.51. The highest BCUT2D eigenvalue weighted by Crippen LogP contribution is 2.15. The van der Waals surface area contributed by atoms with Crippen LogP contribution in [0.2, 0.25) is 0 Å². The van der Waals surface area contributed by atoms with E-state index in [4.69, 9.17) is 0 Å². The second kappa shape index (κ2) is 9.16. The molecule has 3 nitrogen and oxygen atoms in total. The Labute approximate surface area is 136 Å². The summed E-state index contributed by atoms with van der Waals surface area (Å²) in [6.07, 6.45) is 2.48. The van der Waals surface area contributed by atoms with Gasteiger partial charge in [0.2, 0.25) is 5.91 Å². The van der Waals surface area contributed by atoms with E-state index >= 15 is 0 Å². The smallest absolute Gasteiger partial charge is 0.224 e. The number of halogens is 1. The van der Waals surface area contributed by atoms with Gasteiger partial charge in [-0.25, -0.2) is 4.39 Å². The number of hydrogen-bond donors (Lipinski definition) is 1. The summed E-state index contributed by atoms with van der Waals surface area (Å²) in [6.45, 7) is 4.13. The van der Waals surface area contributed by atoms with E-state index in [9.17, 15) is 9.18 Å². The highest BCUT2D eigenvalue weighted by molar-refractivity contribution is 7.99. The quantitative estimate of drug-likeness (QED) is 0.837. The molecule has 1 heterocycles. The normalized spacial score (nSPS) is 18.2. The number of carbonyl (C=O) groups excluding carboxylic acids is 1. The predicted molar refractivity (Wildman–Crippen MR) is 90.5 cm³/mol. The lowest BCUT2D eigenvalue weighted by atomic mass is 10.1. The van der Waals surface area contributed by atoms with E-state index in [0.717, 1.165) is 30.9 Å². The molecule has 1 unspecified atom stereocenters. The van der Waals surface area contributed by atoms with E-state index in [1.54, 1.807) is 12.1 Å². The van der Waals surface area contributed by atoms with Crippen LogP contribution in [-0.2, 0) is 11.3 Å². The molecule has 1 aliphatic rings. The molecule has 0 radical (unpaired) electrons. The van der Waals surface area contributed by atoms with Crippen LogP contribution >= 0.6 is 11.8 Å². The van der Waals surface area contributed by atoms with E-state index in [1.165, 1.54) is 6.07 Å². The number of benzene rings is 1. The first kappa shape index (κ1) is 17.3. The Balaban J connectivity index is 1.98. The first-order valence-corrected chi connectivity index (χ1v) is 9.18. The van der Waals surface area contributed by atoms with Crippen LogP contribution in [0.5, 0.6) is 0 Å². The molecule has 0 saturated carbocycles. The van der Waals surface area contributed by atoms with Gasteiger partial charge in [-0.15, -0.1) is 0 Å². The maximum absolute atomic E-state index is 13.8. The van der Waals surface area contributed by atoms with Crippen molar-refractivity contribution in [2.24, 2.45) is 0 Å². The molecule has 22 heavy (non-hydrogen) atoms. The van der Waals surface area contributed by atoms with Crippen LogP contribution in [0.3, 0.4) is 0 Å². The van der Waals surface area contributed by atoms with Crippen LogP contribution in [0.4, 0.5) is 4.39 Å². The molecule has 0 spiro atoms. The standard InChI is InChI=1S/C17H25FN2OS/c1-2-3-9-20(12-14-6-4-5-7-16(14)18)17(21)11-15-13-22-10-8-19-15/h4-7,15,19H,2-3,8-13H2,1H3. The van der Waals surface area contributed by atoms with Crippen LogP contribution in [0.25, 0.3) is 0 Å². The maximum Gasteiger partial charge on any atom is 0.224 e. The van der Waals surface area contributed by atoms with Crippen molar-refractivity contribution in [1.29, 1.82) is 0 Å². The Kier molecular flexibility index (Phi) is 7.19. The fourth-order valence-electron chi connectivity index (χ4n) is 2.56. The number of unbranched alkanes of at least 4 members (excludes halogenated alkanes) is 1. The Hall–Kier alpha value is -1.07. The molecule has 1 atom stereocenters. The van der Waals surface area contributed by atoms with Gasteiger partial charge in [0.1, 0.15) is 5.82 Å². The predicted octanol–water partition coefficient (Wildman–Crippen LogP) is 3.05. The summed E-state index contributed by atoms with van der Waals surface area (Å²) in [5.41, 5.74) is 0.595. The van der Waals surface area contributed by atoms with E-state index < -0.39 is 0 Å². The lowest BCUT2D eigenvalue weighted by Gasteiger charge is -2.27.